The molecule has 7 nitrogen and oxygen atoms in total. The van der Waals surface area contributed by atoms with Crippen LogP contribution in [0.5, 0.6) is 11.5 Å². The highest BCUT2D eigenvalue weighted by Gasteiger charge is 2.29. The number of benzene rings is 1. The van der Waals surface area contributed by atoms with Gasteiger partial charge in [-0.25, -0.2) is 4.79 Å². The van der Waals surface area contributed by atoms with Gasteiger partial charge in [0.2, 0.25) is 0 Å². The third kappa shape index (κ3) is 5.14. The molecule has 1 atom stereocenters. The van der Waals surface area contributed by atoms with E-state index >= 15 is 0 Å². The van der Waals surface area contributed by atoms with Crippen molar-refractivity contribution in [3.8, 4) is 11.5 Å². The highest BCUT2D eigenvalue weighted by atomic mass is 35.5. The molecular weight excluding hydrogens is 404 g/mol. The molecule has 2 rings (SSSR count). The van der Waals surface area contributed by atoms with E-state index < -0.39 is 12.0 Å². The van der Waals surface area contributed by atoms with Crippen LogP contribution in [0.15, 0.2) is 23.4 Å². The van der Waals surface area contributed by atoms with Crippen LogP contribution in [0.25, 0.3) is 0 Å². The molecule has 1 aromatic rings. The topological polar surface area (TPSA) is 85.9 Å². The fraction of sp³-hybridized carbons (Fsp3) is 0.421. The molecule has 0 unspecified atom stereocenters. The van der Waals surface area contributed by atoms with Crippen molar-refractivity contribution < 1.29 is 23.8 Å². The number of Topliss-reactive ketones (excluding diaryl/α,β-unsaturated/α-hetero) is 1. The van der Waals surface area contributed by atoms with E-state index in [1.807, 2.05) is 6.92 Å². The number of carbonyl (C=O) groups excluding carboxylic acids is 2. The molecule has 9 heteroatoms. The first-order chi connectivity index (χ1) is 13.3. The second-order valence-corrected chi connectivity index (χ2v) is 6.80. The first-order valence-corrected chi connectivity index (χ1v) is 9.60. The van der Waals surface area contributed by atoms with Crippen LogP contribution < -0.4 is 20.1 Å². The number of halogens is 1. The fourth-order valence-electron chi connectivity index (χ4n) is 2.90. The van der Waals surface area contributed by atoms with Gasteiger partial charge in [-0.2, -0.15) is 0 Å². The minimum Gasteiger partial charge on any atom is -0.490 e. The summed E-state index contributed by atoms with van der Waals surface area (Å²) in [6.45, 7) is 7.14. The number of ether oxygens (including phenoxy) is 3. The Morgan fingerprint density at radius 1 is 1.21 bits per heavy atom. The highest BCUT2D eigenvalue weighted by Crippen LogP contribution is 2.40. The molecular formula is C19H23ClN2O5S. The van der Waals surface area contributed by atoms with E-state index in [1.54, 1.807) is 26.0 Å². The van der Waals surface area contributed by atoms with Crippen molar-refractivity contribution in [2.24, 2.45) is 0 Å². The van der Waals surface area contributed by atoms with E-state index in [-0.39, 0.29) is 29.8 Å². The number of allylic oxidation sites excluding steroid dienone is 1. The molecule has 0 saturated carbocycles. The van der Waals surface area contributed by atoms with Gasteiger partial charge in [-0.15, -0.1) is 0 Å². The minimum atomic E-state index is -0.507. The average Bonchev–Trinajstić information content (AvgIpc) is 2.60. The van der Waals surface area contributed by atoms with Crippen molar-refractivity contribution in [3.05, 3.63) is 34.0 Å². The molecule has 152 valence electrons. The Labute approximate surface area is 174 Å². The van der Waals surface area contributed by atoms with E-state index in [9.17, 15) is 9.59 Å². The number of carbonyl (C=O) groups is 2. The number of esters is 1. The fourth-order valence-corrected chi connectivity index (χ4v) is 3.45. The Hall–Kier alpha value is -2.32. The summed E-state index contributed by atoms with van der Waals surface area (Å²) in [5, 5.41) is 6.70. The second-order valence-electron chi connectivity index (χ2n) is 5.98. The van der Waals surface area contributed by atoms with Gasteiger partial charge in [0.25, 0.3) is 0 Å². The maximum Gasteiger partial charge on any atom is 0.344 e. The minimum absolute atomic E-state index is 0.0956. The molecule has 0 saturated heterocycles. The second kappa shape index (κ2) is 9.75. The molecule has 1 heterocycles. The van der Waals surface area contributed by atoms with E-state index in [0.717, 1.165) is 0 Å². The summed E-state index contributed by atoms with van der Waals surface area (Å²) in [4.78, 5) is 23.8. The van der Waals surface area contributed by atoms with Crippen LogP contribution in [0.2, 0.25) is 5.02 Å². The maximum absolute atomic E-state index is 12.2. The third-order valence-electron chi connectivity index (χ3n) is 3.95. The number of hydrogen-bond donors (Lipinski definition) is 2. The Balaban J connectivity index is 2.43. The van der Waals surface area contributed by atoms with Crippen molar-refractivity contribution in [3.63, 3.8) is 0 Å². The van der Waals surface area contributed by atoms with Gasteiger partial charge in [-0.3, -0.25) is 4.79 Å². The van der Waals surface area contributed by atoms with Gasteiger partial charge in [-0.1, -0.05) is 11.6 Å². The van der Waals surface area contributed by atoms with Gasteiger partial charge < -0.3 is 24.8 Å². The van der Waals surface area contributed by atoms with Crippen LogP contribution in [0.4, 0.5) is 0 Å². The molecule has 1 aliphatic rings. The van der Waals surface area contributed by atoms with Gasteiger partial charge in [0.1, 0.15) is 0 Å². The molecule has 0 aromatic heterocycles. The summed E-state index contributed by atoms with van der Waals surface area (Å²) in [6, 6.07) is 2.89. The van der Waals surface area contributed by atoms with Gasteiger partial charge >= 0.3 is 5.97 Å². The largest absolute Gasteiger partial charge is 0.490 e. The Morgan fingerprint density at radius 2 is 1.93 bits per heavy atom. The third-order valence-corrected chi connectivity index (χ3v) is 4.45. The van der Waals surface area contributed by atoms with Crippen molar-refractivity contribution in [1.29, 1.82) is 0 Å². The molecule has 0 spiro atoms. The summed E-state index contributed by atoms with van der Waals surface area (Å²) in [5.74, 6) is -0.00221. The van der Waals surface area contributed by atoms with Crippen molar-refractivity contribution >= 4 is 40.7 Å². The van der Waals surface area contributed by atoms with Crippen LogP contribution in [0.3, 0.4) is 0 Å². The number of thiocarbonyl (C=S) groups is 1. The molecule has 2 N–H and O–H groups in total. The summed E-state index contributed by atoms with van der Waals surface area (Å²) in [6.07, 6.45) is 0. The zero-order chi connectivity index (χ0) is 20.8. The molecule has 0 bridgehead atoms. The molecule has 1 aliphatic heterocycles. The van der Waals surface area contributed by atoms with Crippen LogP contribution in [0, 0.1) is 0 Å². The molecule has 28 heavy (non-hydrogen) atoms. The summed E-state index contributed by atoms with van der Waals surface area (Å²) < 4.78 is 16.0. The van der Waals surface area contributed by atoms with E-state index in [4.69, 9.17) is 38.0 Å². The monoisotopic (exact) mass is 426 g/mol. The lowest BCUT2D eigenvalue weighted by Gasteiger charge is -2.30. The van der Waals surface area contributed by atoms with E-state index in [2.05, 4.69) is 10.6 Å². The summed E-state index contributed by atoms with van der Waals surface area (Å²) >= 11 is 11.6. The zero-order valence-corrected chi connectivity index (χ0v) is 17.8. The summed E-state index contributed by atoms with van der Waals surface area (Å²) in [7, 11) is 0. The Morgan fingerprint density at radius 3 is 2.54 bits per heavy atom. The lowest BCUT2D eigenvalue weighted by atomic mass is 9.93. The molecule has 0 radical (unpaired) electrons. The molecule has 0 amide bonds. The smallest absolute Gasteiger partial charge is 0.344 e. The first kappa shape index (κ1) is 22.0. The number of rotatable bonds is 8. The van der Waals surface area contributed by atoms with E-state index in [0.29, 0.717) is 34.3 Å². The van der Waals surface area contributed by atoms with Crippen LogP contribution in [-0.4, -0.2) is 36.7 Å². The first-order valence-electron chi connectivity index (χ1n) is 8.82. The van der Waals surface area contributed by atoms with E-state index in [1.165, 1.54) is 6.92 Å². The van der Waals surface area contributed by atoms with Crippen LogP contribution >= 0.6 is 23.8 Å². The number of ketones is 1. The standard InChI is InChI=1S/C19H23ClN2O5S/c1-5-25-14-8-12(7-13(20)18(14)27-9-15(24)26-6-2)17-16(11(4)23)10(3)21-19(28)22-17/h7-8,17H,5-6,9H2,1-4H3,(H2,21,22,28)/t17-/m0/s1. The predicted molar refractivity (Wildman–Crippen MR) is 110 cm³/mol. The molecule has 1 aromatic carbocycles. The van der Waals surface area contributed by atoms with Gasteiger partial charge in [0.05, 0.1) is 24.3 Å². The average molecular weight is 427 g/mol. The Bertz CT molecular complexity index is 825. The number of nitrogens with one attached hydrogen (secondary N) is 2. The predicted octanol–water partition coefficient (Wildman–Crippen LogP) is 3.06. The molecule has 0 aliphatic carbocycles. The van der Waals surface area contributed by atoms with Crippen molar-refractivity contribution in [2.45, 2.75) is 33.7 Å². The van der Waals surface area contributed by atoms with Crippen LogP contribution in [-0.2, 0) is 14.3 Å². The van der Waals surface area contributed by atoms with Crippen LogP contribution in [0.1, 0.15) is 39.3 Å². The van der Waals surface area contributed by atoms with Crippen molar-refractivity contribution in [1.82, 2.24) is 10.6 Å². The lowest BCUT2D eigenvalue weighted by molar-refractivity contribution is -0.145. The SMILES string of the molecule is CCOC(=O)COc1c(Cl)cc([C@@H]2NC(=S)NC(C)=C2C(C)=O)cc1OCC. The normalized spacial score (nSPS) is 16.2. The highest BCUT2D eigenvalue weighted by molar-refractivity contribution is 7.80. The molecule has 0 fully saturated rings. The quantitative estimate of drug-likeness (QED) is 0.484. The van der Waals surface area contributed by atoms with Gasteiger partial charge in [0, 0.05) is 11.3 Å². The maximum atomic E-state index is 12.2. The van der Waals surface area contributed by atoms with Gasteiger partial charge in [0.15, 0.2) is 29.0 Å². The summed E-state index contributed by atoms with van der Waals surface area (Å²) in [5.41, 5.74) is 1.91. The van der Waals surface area contributed by atoms with Gasteiger partial charge in [-0.05, 0) is 57.6 Å². The number of hydrogen-bond acceptors (Lipinski definition) is 6. The van der Waals surface area contributed by atoms with Crippen molar-refractivity contribution in [2.75, 3.05) is 19.8 Å². The lowest BCUT2D eigenvalue weighted by Crippen LogP contribution is -2.44. The Kier molecular flexibility index (Phi) is 7.65. The zero-order valence-electron chi connectivity index (χ0n) is 16.2.